The highest BCUT2D eigenvalue weighted by Crippen LogP contribution is 2.26. The Morgan fingerprint density at radius 2 is 2.00 bits per heavy atom. The van der Waals surface area contributed by atoms with Gasteiger partial charge in [0, 0.05) is 25.2 Å². The molecule has 1 saturated heterocycles. The van der Waals surface area contributed by atoms with Crippen molar-refractivity contribution < 1.29 is 4.79 Å². The Morgan fingerprint density at radius 1 is 1.25 bits per heavy atom. The minimum Gasteiger partial charge on any atom is -0.373 e. The van der Waals surface area contributed by atoms with Crippen LogP contribution in [0.3, 0.4) is 0 Å². The van der Waals surface area contributed by atoms with Crippen molar-refractivity contribution in [3.05, 3.63) is 29.8 Å². The highest BCUT2D eigenvalue weighted by molar-refractivity contribution is 5.87. The fourth-order valence-corrected chi connectivity index (χ4v) is 2.60. The van der Waals surface area contributed by atoms with Crippen molar-refractivity contribution in [2.75, 3.05) is 18.4 Å². The lowest BCUT2D eigenvalue weighted by atomic mass is 10.1. The highest BCUT2D eigenvalue weighted by Gasteiger charge is 2.30. The second-order valence-corrected chi connectivity index (χ2v) is 4.59. The Labute approximate surface area is 95.4 Å². The summed E-state index contributed by atoms with van der Waals surface area (Å²) in [5.74, 6) is 0.272. The molecule has 0 radical (unpaired) electrons. The Balaban J connectivity index is 1.73. The van der Waals surface area contributed by atoms with Crippen molar-refractivity contribution in [2.24, 2.45) is 0 Å². The van der Waals surface area contributed by atoms with Crippen LogP contribution in [0.1, 0.15) is 18.4 Å². The first kappa shape index (κ1) is 9.70. The molecule has 1 aromatic rings. The van der Waals surface area contributed by atoms with E-state index in [-0.39, 0.29) is 11.9 Å². The predicted octanol–water partition coefficient (Wildman–Crippen LogP) is 1.65. The molecule has 16 heavy (non-hydrogen) atoms. The molecule has 1 amide bonds. The molecule has 3 heteroatoms. The Hall–Kier alpha value is -1.51. The number of nitrogens with zero attached hydrogens (tertiary/aromatic N) is 1. The number of hydrogen-bond acceptors (Lipinski definition) is 2. The number of benzene rings is 1. The third kappa shape index (κ3) is 1.56. The van der Waals surface area contributed by atoms with Crippen molar-refractivity contribution in [1.29, 1.82) is 0 Å². The van der Waals surface area contributed by atoms with Gasteiger partial charge in [-0.3, -0.25) is 4.79 Å². The monoisotopic (exact) mass is 216 g/mol. The molecule has 0 aromatic heterocycles. The summed E-state index contributed by atoms with van der Waals surface area (Å²) in [6.07, 6.45) is 3.16. The van der Waals surface area contributed by atoms with Gasteiger partial charge in [-0.2, -0.15) is 0 Å². The van der Waals surface area contributed by atoms with E-state index in [1.165, 1.54) is 5.56 Å². The fourth-order valence-electron chi connectivity index (χ4n) is 2.60. The number of anilines is 1. The third-order valence-electron chi connectivity index (χ3n) is 3.49. The van der Waals surface area contributed by atoms with E-state index in [1.54, 1.807) is 0 Å². The van der Waals surface area contributed by atoms with Crippen LogP contribution < -0.4 is 5.32 Å². The summed E-state index contributed by atoms with van der Waals surface area (Å²) < 4.78 is 0. The van der Waals surface area contributed by atoms with Crippen LogP contribution in [0.5, 0.6) is 0 Å². The summed E-state index contributed by atoms with van der Waals surface area (Å²) in [5.41, 5.74) is 2.39. The van der Waals surface area contributed by atoms with Crippen LogP contribution in [-0.4, -0.2) is 29.9 Å². The van der Waals surface area contributed by atoms with E-state index in [4.69, 9.17) is 0 Å². The first-order valence-electron chi connectivity index (χ1n) is 5.98. The van der Waals surface area contributed by atoms with Crippen LogP contribution >= 0.6 is 0 Å². The van der Waals surface area contributed by atoms with Crippen molar-refractivity contribution in [3.8, 4) is 0 Å². The van der Waals surface area contributed by atoms with Crippen LogP contribution in [0.15, 0.2) is 24.3 Å². The SMILES string of the molecule is O=C([C@@H]1Cc2ccccc2N1)N1CCCC1. The molecule has 0 unspecified atom stereocenters. The van der Waals surface area contributed by atoms with Crippen LogP contribution in [-0.2, 0) is 11.2 Å². The second kappa shape index (κ2) is 3.81. The maximum Gasteiger partial charge on any atom is 0.245 e. The van der Waals surface area contributed by atoms with Crippen LogP contribution in [0.25, 0.3) is 0 Å². The van der Waals surface area contributed by atoms with Gasteiger partial charge in [0.05, 0.1) is 0 Å². The first-order valence-corrected chi connectivity index (χ1v) is 5.98. The summed E-state index contributed by atoms with van der Waals surface area (Å²) in [6, 6.07) is 8.15. The molecule has 1 N–H and O–H groups in total. The number of hydrogen-bond donors (Lipinski definition) is 1. The summed E-state index contributed by atoms with van der Waals surface area (Å²) in [5, 5.41) is 3.32. The number of rotatable bonds is 1. The second-order valence-electron chi connectivity index (χ2n) is 4.59. The molecule has 2 aliphatic rings. The van der Waals surface area contributed by atoms with Gasteiger partial charge in [0.25, 0.3) is 0 Å². The van der Waals surface area contributed by atoms with Gasteiger partial charge in [-0.05, 0) is 24.5 Å². The summed E-state index contributed by atoms with van der Waals surface area (Å²) in [4.78, 5) is 14.2. The van der Waals surface area contributed by atoms with E-state index >= 15 is 0 Å². The molecule has 2 heterocycles. The Morgan fingerprint density at radius 3 is 2.75 bits per heavy atom. The van der Waals surface area contributed by atoms with E-state index in [2.05, 4.69) is 11.4 Å². The Bertz CT molecular complexity index is 385. The average Bonchev–Trinajstić information content (AvgIpc) is 2.97. The van der Waals surface area contributed by atoms with E-state index in [0.717, 1.165) is 38.0 Å². The lowest BCUT2D eigenvalue weighted by Gasteiger charge is -2.20. The minimum absolute atomic E-state index is 0.0319. The highest BCUT2D eigenvalue weighted by atomic mass is 16.2. The minimum atomic E-state index is -0.0319. The van der Waals surface area contributed by atoms with Gasteiger partial charge < -0.3 is 10.2 Å². The molecule has 1 fully saturated rings. The normalized spacial score (nSPS) is 23.0. The topological polar surface area (TPSA) is 32.3 Å². The fraction of sp³-hybridized carbons (Fsp3) is 0.462. The molecule has 2 aliphatic heterocycles. The van der Waals surface area contributed by atoms with Gasteiger partial charge in [0.1, 0.15) is 6.04 Å². The average molecular weight is 216 g/mol. The summed E-state index contributed by atoms with van der Waals surface area (Å²) in [7, 11) is 0. The van der Waals surface area contributed by atoms with Crippen LogP contribution in [0.2, 0.25) is 0 Å². The zero-order valence-electron chi connectivity index (χ0n) is 9.28. The summed E-state index contributed by atoms with van der Waals surface area (Å²) >= 11 is 0. The zero-order valence-corrected chi connectivity index (χ0v) is 9.28. The third-order valence-corrected chi connectivity index (χ3v) is 3.49. The maximum atomic E-state index is 12.2. The van der Waals surface area contributed by atoms with Gasteiger partial charge in [0.15, 0.2) is 0 Å². The molecular weight excluding hydrogens is 200 g/mol. The Kier molecular flexibility index (Phi) is 2.31. The van der Waals surface area contributed by atoms with Gasteiger partial charge in [-0.25, -0.2) is 0 Å². The molecule has 0 saturated carbocycles. The molecule has 0 spiro atoms. The standard InChI is InChI=1S/C13H16N2O/c16-13(15-7-3-4-8-15)12-9-10-5-1-2-6-11(10)14-12/h1-2,5-6,12,14H,3-4,7-9H2/t12-/m0/s1. The number of carbonyl (C=O) groups is 1. The molecule has 0 aliphatic carbocycles. The van der Waals surface area contributed by atoms with Gasteiger partial charge in [-0.15, -0.1) is 0 Å². The van der Waals surface area contributed by atoms with E-state index in [1.807, 2.05) is 23.1 Å². The van der Waals surface area contributed by atoms with Crippen molar-refractivity contribution in [1.82, 2.24) is 4.90 Å². The largest absolute Gasteiger partial charge is 0.373 e. The quantitative estimate of drug-likeness (QED) is 0.774. The molecular formula is C13H16N2O. The number of amides is 1. The van der Waals surface area contributed by atoms with Gasteiger partial charge >= 0.3 is 0 Å². The maximum absolute atomic E-state index is 12.2. The first-order chi connectivity index (χ1) is 7.84. The van der Waals surface area contributed by atoms with Crippen LogP contribution in [0.4, 0.5) is 5.69 Å². The molecule has 3 rings (SSSR count). The molecule has 1 aromatic carbocycles. The molecule has 84 valence electrons. The van der Waals surface area contributed by atoms with E-state index in [0.29, 0.717) is 0 Å². The number of nitrogens with one attached hydrogen (secondary N) is 1. The van der Waals surface area contributed by atoms with E-state index < -0.39 is 0 Å². The van der Waals surface area contributed by atoms with Gasteiger partial charge in [0.2, 0.25) is 5.91 Å². The molecule has 0 bridgehead atoms. The van der Waals surface area contributed by atoms with Gasteiger partial charge in [-0.1, -0.05) is 18.2 Å². The van der Waals surface area contributed by atoms with Crippen molar-refractivity contribution in [3.63, 3.8) is 0 Å². The molecule has 3 nitrogen and oxygen atoms in total. The lowest BCUT2D eigenvalue weighted by molar-refractivity contribution is -0.130. The lowest BCUT2D eigenvalue weighted by Crippen LogP contribution is -2.40. The zero-order chi connectivity index (χ0) is 11.0. The number of para-hydroxylation sites is 1. The number of carbonyl (C=O) groups excluding carboxylic acids is 1. The van der Waals surface area contributed by atoms with E-state index in [9.17, 15) is 4.79 Å². The van der Waals surface area contributed by atoms with Crippen molar-refractivity contribution >= 4 is 11.6 Å². The predicted molar refractivity (Wildman–Crippen MR) is 63.4 cm³/mol. The number of likely N-dealkylation sites (tertiary alicyclic amines) is 1. The smallest absolute Gasteiger partial charge is 0.245 e. The number of fused-ring (bicyclic) bond motifs is 1. The summed E-state index contributed by atoms with van der Waals surface area (Å²) in [6.45, 7) is 1.88. The van der Waals surface area contributed by atoms with Crippen LogP contribution in [0, 0.1) is 0 Å². The molecule has 1 atom stereocenters. The van der Waals surface area contributed by atoms with Crippen molar-refractivity contribution in [2.45, 2.75) is 25.3 Å².